The molecule has 0 unspecified atom stereocenters. The van der Waals surface area contributed by atoms with Crippen molar-refractivity contribution in [1.29, 1.82) is 0 Å². The van der Waals surface area contributed by atoms with E-state index in [0.29, 0.717) is 12.2 Å². The number of amides is 1. The molecule has 3 heterocycles. The van der Waals surface area contributed by atoms with Gasteiger partial charge in [0.1, 0.15) is 11.3 Å². The summed E-state index contributed by atoms with van der Waals surface area (Å²) in [4.78, 5) is 21.2. The van der Waals surface area contributed by atoms with Gasteiger partial charge in [-0.05, 0) is 42.3 Å². The molecule has 6 nitrogen and oxygen atoms in total. The molecule has 0 radical (unpaired) electrons. The minimum Gasteiger partial charge on any atom is -0.378 e. The Morgan fingerprint density at radius 3 is 2.67 bits per heavy atom. The highest BCUT2D eigenvalue weighted by Crippen LogP contribution is 2.18. The Balaban J connectivity index is 1.44. The Labute approximate surface area is 159 Å². The summed E-state index contributed by atoms with van der Waals surface area (Å²) in [5, 5.41) is 0. The monoisotopic (exact) mass is 364 g/mol. The van der Waals surface area contributed by atoms with E-state index in [9.17, 15) is 4.79 Å². The summed E-state index contributed by atoms with van der Waals surface area (Å²) < 4.78 is 7.28. The number of nitrogens with zero attached hydrogens (tertiary/aromatic N) is 4. The second-order valence-corrected chi connectivity index (χ2v) is 7.02. The SMILES string of the molecule is Cc1ccn2cc(C(=O)N(C)Cc3ccc(N4CCOCC4)cc3)nc2c1. The van der Waals surface area contributed by atoms with Crippen LogP contribution in [0.4, 0.5) is 5.69 Å². The van der Waals surface area contributed by atoms with Crippen LogP contribution in [0.2, 0.25) is 0 Å². The van der Waals surface area contributed by atoms with Crippen LogP contribution in [0.25, 0.3) is 5.65 Å². The first-order valence-corrected chi connectivity index (χ1v) is 9.22. The Hall–Kier alpha value is -2.86. The van der Waals surface area contributed by atoms with Crippen molar-refractivity contribution in [1.82, 2.24) is 14.3 Å². The molecule has 3 aromatic rings. The predicted molar refractivity (Wildman–Crippen MR) is 105 cm³/mol. The lowest BCUT2D eigenvalue weighted by Gasteiger charge is -2.29. The van der Waals surface area contributed by atoms with Crippen molar-refractivity contribution < 1.29 is 9.53 Å². The number of hydrogen-bond donors (Lipinski definition) is 0. The molecule has 0 saturated carbocycles. The van der Waals surface area contributed by atoms with Crippen LogP contribution in [0.1, 0.15) is 21.6 Å². The Morgan fingerprint density at radius 2 is 1.93 bits per heavy atom. The minimum absolute atomic E-state index is 0.0754. The van der Waals surface area contributed by atoms with Crippen LogP contribution in [-0.2, 0) is 11.3 Å². The van der Waals surface area contributed by atoms with Gasteiger partial charge in [-0.15, -0.1) is 0 Å². The smallest absolute Gasteiger partial charge is 0.274 e. The van der Waals surface area contributed by atoms with E-state index in [4.69, 9.17) is 4.74 Å². The molecule has 1 saturated heterocycles. The summed E-state index contributed by atoms with van der Waals surface area (Å²) in [5.41, 5.74) is 4.68. The zero-order valence-corrected chi connectivity index (χ0v) is 15.8. The van der Waals surface area contributed by atoms with Gasteiger partial charge in [0.2, 0.25) is 0 Å². The van der Waals surface area contributed by atoms with Crippen LogP contribution >= 0.6 is 0 Å². The van der Waals surface area contributed by atoms with E-state index < -0.39 is 0 Å². The fraction of sp³-hybridized carbons (Fsp3) is 0.333. The maximum atomic E-state index is 12.7. The number of benzene rings is 1. The molecule has 0 aliphatic carbocycles. The van der Waals surface area contributed by atoms with Crippen LogP contribution in [0.15, 0.2) is 48.8 Å². The lowest BCUT2D eigenvalue weighted by molar-refractivity contribution is 0.0780. The fourth-order valence-electron chi connectivity index (χ4n) is 3.36. The fourth-order valence-corrected chi connectivity index (χ4v) is 3.36. The molecular formula is C21H24N4O2. The quantitative estimate of drug-likeness (QED) is 0.714. The van der Waals surface area contributed by atoms with E-state index >= 15 is 0 Å². The van der Waals surface area contributed by atoms with E-state index in [2.05, 4.69) is 34.1 Å². The van der Waals surface area contributed by atoms with Gasteiger partial charge in [-0.1, -0.05) is 12.1 Å². The van der Waals surface area contributed by atoms with Crippen LogP contribution in [0.5, 0.6) is 0 Å². The second kappa shape index (κ2) is 7.40. The number of morpholine rings is 1. The van der Waals surface area contributed by atoms with Gasteiger partial charge in [-0.25, -0.2) is 4.98 Å². The predicted octanol–water partition coefficient (Wildman–Crippen LogP) is 2.75. The molecule has 0 atom stereocenters. The van der Waals surface area contributed by atoms with Gasteiger partial charge in [0.25, 0.3) is 5.91 Å². The zero-order valence-electron chi connectivity index (χ0n) is 15.8. The number of carbonyl (C=O) groups excluding carboxylic acids is 1. The van der Waals surface area contributed by atoms with Gasteiger partial charge < -0.3 is 18.9 Å². The number of ether oxygens (including phenoxy) is 1. The van der Waals surface area contributed by atoms with Crippen molar-refractivity contribution >= 4 is 17.2 Å². The number of hydrogen-bond acceptors (Lipinski definition) is 4. The molecule has 0 bridgehead atoms. The molecule has 1 aliphatic heterocycles. The van der Waals surface area contributed by atoms with Gasteiger partial charge in [-0.3, -0.25) is 4.79 Å². The van der Waals surface area contributed by atoms with Gasteiger partial charge >= 0.3 is 0 Å². The molecule has 2 aromatic heterocycles. The molecular weight excluding hydrogens is 340 g/mol. The second-order valence-electron chi connectivity index (χ2n) is 7.02. The van der Waals surface area contributed by atoms with E-state index in [0.717, 1.165) is 43.1 Å². The molecule has 1 aliphatic rings. The van der Waals surface area contributed by atoms with Crippen LogP contribution in [-0.4, -0.2) is 53.5 Å². The highest BCUT2D eigenvalue weighted by atomic mass is 16.5. The number of aromatic nitrogens is 2. The number of anilines is 1. The highest BCUT2D eigenvalue weighted by molar-refractivity contribution is 5.92. The van der Waals surface area contributed by atoms with Crippen molar-refractivity contribution in [3.05, 3.63) is 65.6 Å². The maximum Gasteiger partial charge on any atom is 0.274 e. The summed E-state index contributed by atoms with van der Waals surface area (Å²) in [7, 11) is 1.81. The zero-order chi connectivity index (χ0) is 18.8. The van der Waals surface area contributed by atoms with E-state index in [1.165, 1.54) is 5.69 Å². The van der Waals surface area contributed by atoms with Crippen molar-refractivity contribution in [2.45, 2.75) is 13.5 Å². The van der Waals surface area contributed by atoms with Crippen molar-refractivity contribution in [2.24, 2.45) is 0 Å². The molecule has 1 fully saturated rings. The third kappa shape index (κ3) is 3.80. The summed E-state index contributed by atoms with van der Waals surface area (Å²) >= 11 is 0. The summed E-state index contributed by atoms with van der Waals surface area (Å²) in [6.45, 7) is 5.96. The average Bonchev–Trinajstić information content (AvgIpc) is 3.11. The van der Waals surface area contributed by atoms with Crippen molar-refractivity contribution in [2.75, 3.05) is 38.3 Å². The Bertz CT molecular complexity index is 942. The topological polar surface area (TPSA) is 50.1 Å². The van der Waals surface area contributed by atoms with Gasteiger partial charge in [-0.2, -0.15) is 0 Å². The molecule has 4 rings (SSSR count). The largest absolute Gasteiger partial charge is 0.378 e. The third-order valence-corrected chi connectivity index (χ3v) is 4.91. The normalized spacial score (nSPS) is 14.5. The van der Waals surface area contributed by atoms with Crippen LogP contribution in [0, 0.1) is 6.92 Å². The molecule has 0 N–H and O–H groups in total. The van der Waals surface area contributed by atoms with E-state index in [1.807, 2.05) is 36.7 Å². The third-order valence-electron chi connectivity index (χ3n) is 4.91. The number of pyridine rings is 1. The number of imidazole rings is 1. The first-order chi connectivity index (χ1) is 13.1. The Morgan fingerprint density at radius 1 is 1.19 bits per heavy atom. The number of carbonyl (C=O) groups is 1. The van der Waals surface area contributed by atoms with E-state index in [-0.39, 0.29) is 5.91 Å². The minimum atomic E-state index is -0.0754. The summed E-state index contributed by atoms with van der Waals surface area (Å²) in [6.07, 6.45) is 3.72. The molecule has 1 aromatic carbocycles. The number of fused-ring (bicyclic) bond motifs is 1. The van der Waals surface area contributed by atoms with Gasteiger partial charge in [0, 0.05) is 44.8 Å². The van der Waals surface area contributed by atoms with Gasteiger partial charge in [0.05, 0.1) is 13.2 Å². The molecule has 6 heteroatoms. The standard InChI is InChI=1S/C21H24N4O2/c1-16-7-8-25-15-19(22-20(25)13-16)21(26)23(2)14-17-3-5-18(6-4-17)24-9-11-27-12-10-24/h3-8,13,15H,9-12,14H2,1-2H3. The first kappa shape index (κ1) is 17.5. The van der Waals surface area contributed by atoms with Crippen molar-refractivity contribution in [3.8, 4) is 0 Å². The average molecular weight is 364 g/mol. The first-order valence-electron chi connectivity index (χ1n) is 9.22. The molecule has 0 spiro atoms. The van der Waals surface area contributed by atoms with Gasteiger partial charge in [0.15, 0.2) is 0 Å². The van der Waals surface area contributed by atoms with Crippen LogP contribution < -0.4 is 4.90 Å². The Kier molecular flexibility index (Phi) is 4.81. The summed E-state index contributed by atoms with van der Waals surface area (Å²) in [5.74, 6) is -0.0754. The maximum absolute atomic E-state index is 12.7. The summed E-state index contributed by atoms with van der Waals surface area (Å²) in [6, 6.07) is 12.4. The highest BCUT2D eigenvalue weighted by Gasteiger charge is 2.16. The van der Waals surface area contributed by atoms with Crippen LogP contribution in [0.3, 0.4) is 0 Å². The molecule has 27 heavy (non-hydrogen) atoms. The lowest BCUT2D eigenvalue weighted by atomic mass is 10.1. The number of aryl methyl sites for hydroxylation is 1. The van der Waals surface area contributed by atoms with Crippen molar-refractivity contribution in [3.63, 3.8) is 0 Å². The molecule has 140 valence electrons. The van der Waals surface area contributed by atoms with E-state index in [1.54, 1.807) is 11.1 Å². The lowest BCUT2D eigenvalue weighted by Crippen LogP contribution is -2.36. The number of rotatable bonds is 4. The molecule has 1 amide bonds.